The van der Waals surface area contributed by atoms with Gasteiger partial charge in [0, 0.05) is 6.54 Å². The molecule has 0 aliphatic carbocycles. The number of carbonyl (C=O) groups is 4. The van der Waals surface area contributed by atoms with Crippen molar-refractivity contribution in [1.82, 2.24) is 20.9 Å². The van der Waals surface area contributed by atoms with Crippen molar-refractivity contribution in [3.8, 4) is 11.5 Å². The van der Waals surface area contributed by atoms with E-state index in [-0.39, 0.29) is 43.7 Å². The standard InChI is InChI=1S/C27H31FN4O6/c1-17-27(36)32-13-4-5-19(32)16-38-23-7-3-2-6-21(23)25(34)31-22(15-24(33)30-17)26(35)29-12-14-37-20-10-8-18(28)9-11-20/h2-3,6-11,17,19,22H,4-5,12-16H2,1H3,(H,29,35)(H,30,33)(H,31,34)/t17-,19+,22-/m0/s1. The van der Waals surface area contributed by atoms with E-state index in [4.69, 9.17) is 9.47 Å². The highest BCUT2D eigenvalue weighted by atomic mass is 19.1. The summed E-state index contributed by atoms with van der Waals surface area (Å²) < 4.78 is 24.5. The third-order valence-electron chi connectivity index (χ3n) is 6.47. The number of nitrogens with one attached hydrogen (secondary N) is 3. The third-order valence-corrected chi connectivity index (χ3v) is 6.47. The van der Waals surface area contributed by atoms with E-state index >= 15 is 0 Å². The number of hydrogen-bond acceptors (Lipinski definition) is 6. The molecule has 0 spiro atoms. The highest BCUT2D eigenvalue weighted by molar-refractivity contribution is 6.01. The van der Waals surface area contributed by atoms with Gasteiger partial charge in [-0.05, 0) is 56.2 Å². The summed E-state index contributed by atoms with van der Waals surface area (Å²) >= 11 is 0. The average Bonchev–Trinajstić information content (AvgIpc) is 3.38. The predicted molar refractivity (Wildman–Crippen MR) is 135 cm³/mol. The first-order valence-electron chi connectivity index (χ1n) is 12.6. The molecule has 2 heterocycles. The number of hydrogen-bond donors (Lipinski definition) is 3. The van der Waals surface area contributed by atoms with E-state index in [0.29, 0.717) is 18.0 Å². The fourth-order valence-corrected chi connectivity index (χ4v) is 4.50. The second kappa shape index (κ2) is 12.4. The number of para-hydroxylation sites is 1. The largest absolute Gasteiger partial charge is 0.492 e. The fraction of sp³-hybridized carbons (Fsp3) is 0.407. The molecule has 1 fully saturated rings. The van der Waals surface area contributed by atoms with E-state index in [9.17, 15) is 23.6 Å². The van der Waals surface area contributed by atoms with Gasteiger partial charge in [-0.25, -0.2) is 4.39 Å². The summed E-state index contributed by atoms with van der Waals surface area (Å²) in [6.07, 6.45) is 1.20. The van der Waals surface area contributed by atoms with Gasteiger partial charge in [-0.15, -0.1) is 0 Å². The topological polar surface area (TPSA) is 126 Å². The molecule has 3 N–H and O–H groups in total. The van der Waals surface area contributed by atoms with E-state index in [1.807, 2.05) is 0 Å². The smallest absolute Gasteiger partial charge is 0.255 e. The lowest BCUT2D eigenvalue weighted by atomic mass is 10.1. The zero-order valence-electron chi connectivity index (χ0n) is 21.1. The second-order valence-corrected chi connectivity index (χ2v) is 9.25. The first-order chi connectivity index (χ1) is 18.3. The van der Waals surface area contributed by atoms with Gasteiger partial charge in [-0.2, -0.15) is 0 Å². The first-order valence-corrected chi connectivity index (χ1v) is 12.6. The van der Waals surface area contributed by atoms with Crippen molar-refractivity contribution >= 4 is 23.6 Å². The highest BCUT2D eigenvalue weighted by Crippen LogP contribution is 2.23. The van der Waals surface area contributed by atoms with Crippen LogP contribution in [0.1, 0.15) is 36.5 Å². The molecule has 38 heavy (non-hydrogen) atoms. The quantitative estimate of drug-likeness (QED) is 0.506. The lowest BCUT2D eigenvalue weighted by molar-refractivity contribution is -0.137. The third kappa shape index (κ3) is 6.78. The number of fused-ring (bicyclic) bond motifs is 2. The van der Waals surface area contributed by atoms with Gasteiger partial charge in [0.15, 0.2) is 0 Å². The molecule has 0 radical (unpaired) electrons. The molecule has 4 amide bonds. The SMILES string of the molecule is C[C@@H]1NC(=O)C[C@@H](C(=O)NCCOc2ccc(F)cc2)NC(=O)c2ccccc2OC[C@H]2CCCN2C1=O. The molecule has 11 heteroatoms. The van der Waals surface area contributed by atoms with E-state index < -0.39 is 35.6 Å². The lowest BCUT2D eigenvalue weighted by Gasteiger charge is -2.29. The van der Waals surface area contributed by atoms with Crippen LogP contribution in [-0.4, -0.2) is 73.0 Å². The molecule has 2 aromatic rings. The molecule has 0 unspecified atom stereocenters. The Kier molecular flexibility index (Phi) is 8.77. The zero-order chi connectivity index (χ0) is 27.1. The molecule has 0 bridgehead atoms. The molecule has 10 nitrogen and oxygen atoms in total. The molecular formula is C27H31FN4O6. The van der Waals surface area contributed by atoms with E-state index in [0.717, 1.165) is 12.8 Å². The Morgan fingerprint density at radius 3 is 2.68 bits per heavy atom. The molecule has 2 aliphatic rings. The number of carbonyl (C=O) groups excluding carboxylic acids is 4. The van der Waals surface area contributed by atoms with Crippen molar-refractivity contribution in [3.05, 3.63) is 59.9 Å². The minimum absolute atomic E-state index is 0.0785. The van der Waals surface area contributed by atoms with Gasteiger partial charge < -0.3 is 30.3 Å². The molecule has 1 saturated heterocycles. The van der Waals surface area contributed by atoms with E-state index in [1.54, 1.807) is 36.1 Å². The number of rotatable bonds is 5. The molecule has 0 aromatic heterocycles. The maximum atomic E-state index is 13.2. The Labute approximate surface area is 219 Å². The zero-order valence-corrected chi connectivity index (χ0v) is 21.1. The second-order valence-electron chi connectivity index (χ2n) is 9.25. The van der Waals surface area contributed by atoms with Crippen LogP contribution in [0.25, 0.3) is 0 Å². The van der Waals surface area contributed by atoms with Crippen molar-refractivity contribution in [3.63, 3.8) is 0 Å². The normalized spacial score (nSPS) is 22.2. The fourth-order valence-electron chi connectivity index (χ4n) is 4.50. The summed E-state index contributed by atoms with van der Waals surface area (Å²) in [6, 6.07) is 9.88. The van der Waals surface area contributed by atoms with Crippen LogP contribution < -0.4 is 25.4 Å². The summed E-state index contributed by atoms with van der Waals surface area (Å²) in [4.78, 5) is 53.7. The molecule has 202 valence electrons. The van der Waals surface area contributed by atoms with Crippen molar-refractivity contribution in [2.24, 2.45) is 0 Å². The average molecular weight is 527 g/mol. The van der Waals surface area contributed by atoms with Crippen LogP contribution in [0.3, 0.4) is 0 Å². The van der Waals surface area contributed by atoms with Crippen LogP contribution in [0, 0.1) is 5.82 Å². The number of benzene rings is 2. The maximum absolute atomic E-state index is 13.2. The molecule has 4 rings (SSSR count). The van der Waals surface area contributed by atoms with Crippen LogP contribution in [0.5, 0.6) is 11.5 Å². The molecule has 3 atom stereocenters. The van der Waals surface area contributed by atoms with Gasteiger partial charge >= 0.3 is 0 Å². The van der Waals surface area contributed by atoms with Crippen LogP contribution in [0.4, 0.5) is 4.39 Å². The van der Waals surface area contributed by atoms with Crippen LogP contribution in [0.2, 0.25) is 0 Å². The van der Waals surface area contributed by atoms with Gasteiger partial charge in [0.2, 0.25) is 17.7 Å². The Morgan fingerprint density at radius 1 is 1.13 bits per heavy atom. The van der Waals surface area contributed by atoms with Gasteiger partial charge in [0.25, 0.3) is 5.91 Å². The maximum Gasteiger partial charge on any atom is 0.255 e. The Bertz CT molecular complexity index is 1170. The van der Waals surface area contributed by atoms with Crippen LogP contribution >= 0.6 is 0 Å². The van der Waals surface area contributed by atoms with Crippen molar-refractivity contribution in [2.75, 3.05) is 26.3 Å². The van der Waals surface area contributed by atoms with Gasteiger partial charge in [-0.3, -0.25) is 19.2 Å². The Hall–Kier alpha value is -4.15. The minimum Gasteiger partial charge on any atom is -0.492 e. The van der Waals surface area contributed by atoms with Crippen molar-refractivity contribution < 1.29 is 33.0 Å². The lowest BCUT2D eigenvalue weighted by Crippen LogP contribution is -2.53. The minimum atomic E-state index is -1.22. The van der Waals surface area contributed by atoms with E-state index in [1.165, 1.54) is 24.3 Å². The van der Waals surface area contributed by atoms with Gasteiger partial charge in [-0.1, -0.05) is 12.1 Å². The molecule has 2 aromatic carbocycles. The summed E-state index contributed by atoms with van der Waals surface area (Å²) in [5.74, 6) is -1.57. The molecular weight excluding hydrogens is 495 g/mol. The van der Waals surface area contributed by atoms with Gasteiger partial charge in [0.1, 0.15) is 42.6 Å². The Morgan fingerprint density at radius 2 is 1.89 bits per heavy atom. The monoisotopic (exact) mass is 526 g/mol. The van der Waals surface area contributed by atoms with Crippen molar-refractivity contribution in [1.29, 1.82) is 0 Å². The van der Waals surface area contributed by atoms with Crippen molar-refractivity contribution in [2.45, 2.75) is 44.3 Å². The predicted octanol–water partition coefficient (Wildman–Crippen LogP) is 1.40. The first kappa shape index (κ1) is 26.9. The van der Waals surface area contributed by atoms with Crippen LogP contribution in [-0.2, 0) is 14.4 Å². The van der Waals surface area contributed by atoms with E-state index in [2.05, 4.69) is 16.0 Å². The number of ether oxygens (including phenoxy) is 2. The number of nitrogens with zero attached hydrogens (tertiary/aromatic N) is 1. The van der Waals surface area contributed by atoms with Crippen LogP contribution in [0.15, 0.2) is 48.5 Å². The molecule has 0 saturated carbocycles. The highest BCUT2D eigenvalue weighted by Gasteiger charge is 2.34. The summed E-state index contributed by atoms with van der Waals surface area (Å²) in [5, 5.41) is 7.92. The number of amides is 4. The summed E-state index contributed by atoms with van der Waals surface area (Å²) in [6.45, 7) is 2.52. The van der Waals surface area contributed by atoms with Gasteiger partial charge in [0.05, 0.1) is 24.6 Å². The number of halogens is 1. The molecule has 2 aliphatic heterocycles. The summed E-state index contributed by atoms with van der Waals surface area (Å²) in [7, 11) is 0. The summed E-state index contributed by atoms with van der Waals surface area (Å²) in [5.41, 5.74) is 0.214. The Balaban J connectivity index is 1.47.